The number of benzene rings is 2. The molecule has 0 bridgehead atoms. The number of nitrogens with one attached hydrogen (secondary N) is 2. The molecule has 0 saturated heterocycles. The molecule has 4 rings (SSSR count). The maximum absolute atomic E-state index is 12.4. The molecule has 0 saturated carbocycles. The van der Waals surface area contributed by atoms with Crippen LogP contribution in [0.15, 0.2) is 58.5 Å². The highest BCUT2D eigenvalue weighted by atomic mass is 32.2. The van der Waals surface area contributed by atoms with Gasteiger partial charge in [0, 0.05) is 12.1 Å². The maximum atomic E-state index is 12.4. The fraction of sp³-hybridized carbons (Fsp3) is 0.190. The zero-order chi connectivity index (χ0) is 21.1. The first kappa shape index (κ1) is 19.8. The van der Waals surface area contributed by atoms with Crippen molar-refractivity contribution in [3.8, 4) is 0 Å². The van der Waals surface area contributed by atoms with E-state index in [1.807, 2.05) is 62.4 Å². The van der Waals surface area contributed by atoms with E-state index < -0.39 is 0 Å². The zero-order valence-electron chi connectivity index (χ0n) is 16.5. The summed E-state index contributed by atoms with van der Waals surface area (Å²) < 4.78 is 1.47. The molecule has 2 aromatic carbocycles. The summed E-state index contributed by atoms with van der Waals surface area (Å²) >= 11 is 1.21. The van der Waals surface area contributed by atoms with Gasteiger partial charge >= 0.3 is 0 Å². The SMILES string of the molecule is Cc1ccc(NC(=O)CSc2nnc3[nH]c(=O)c(Cc4ccccc4)nn23)c(C)c1. The topological polar surface area (TPSA) is 105 Å². The number of hydrogen-bond acceptors (Lipinski definition) is 6. The number of thioether (sulfide) groups is 1. The van der Waals surface area contributed by atoms with Crippen LogP contribution in [0.5, 0.6) is 0 Å². The third-order valence-corrected chi connectivity index (χ3v) is 5.44. The first-order valence-electron chi connectivity index (χ1n) is 9.38. The third kappa shape index (κ3) is 4.41. The highest BCUT2D eigenvalue weighted by Gasteiger charge is 2.14. The van der Waals surface area contributed by atoms with Crippen LogP contribution in [0.4, 0.5) is 5.69 Å². The second kappa shape index (κ2) is 8.50. The second-order valence-corrected chi connectivity index (χ2v) is 7.88. The summed E-state index contributed by atoms with van der Waals surface area (Å²) in [6, 6.07) is 15.5. The molecule has 152 valence electrons. The van der Waals surface area contributed by atoms with Crippen molar-refractivity contribution in [3.63, 3.8) is 0 Å². The number of H-pyrrole nitrogens is 1. The van der Waals surface area contributed by atoms with Gasteiger partial charge < -0.3 is 5.32 Å². The second-order valence-electron chi connectivity index (χ2n) is 6.94. The Kier molecular flexibility index (Phi) is 5.62. The smallest absolute Gasteiger partial charge is 0.274 e. The number of aryl methyl sites for hydroxylation is 2. The van der Waals surface area contributed by atoms with Crippen LogP contribution in [0.3, 0.4) is 0 Å². The van der Waals surface area contributed by atoms with Gasteiger partial charge in [-0.1, -0.05) is 59.8 Å². The minimum Gasteiger partial charge on any atom is -0.325 e. The van der Waals surface area contributed by atoms with Crippen LogP contribution in [0, 0.1) is 13.8 Å². The Balaban J connectivity index is 1.49. The van der Waals surface area contributed by atoms with Crippen molar-refractivity contribution in [1.82, 2.24) is 24.8 Å². The van der Waals surface area contributed by atoms with Gasteiger partial charge in [0.15, 0.2) is 0 Å². The van der Waals surface area contributed by atoms with Crippen LogP contribution in [0.2, 0.25) is 0 Å². The summed E-state index contributed by atoms with van der Waals surface area (Å²) in [7, 11) is 0. The van der Waals surface area contributed by atoms with Crippen molar-refractivity contribution < 1.29 is 4.79 Å². The van der Waals surface area contributed by atoms with Crippen LogP contribution in [-0.4, -0.2) is 36.5 Å². The number of aromatic amines is 1. The molecule has 0 radical (unpaired) electrons. The van der Waals surface area contributed by atoms with Crippen LogP contribution in [-0.2, 0) is 11.2 Å². The molecule has 9 heteroatoms. The summed E-state index contributed by atoms with van der Waals surface area (Å²) in [4.78, 5) is 27.4. The number of nitrogens with zero attached hydrogens (tertiary/aromatic N) is 4. The molecule has 1 amide bonds. The zero-order valence-corrected chi connectivity index (χ0v) is 17.4. The van der Waals surface area contributed by atoms with E-state index in [0.29, 0.717) is 17.3 Å². The average molecular weight is 420 g/mol. The molecule has 2 heterocycles. The number of carbonyl (C=O) groups is 1. The van der Waals surface area contributed by atoms with E-state index >= 15 is 0 Å². The first-order valence-corrected chi connectivity index (χ1v) is 10.4. The van der Waals surface area contributed by atoms with Crippen LogP contribution >= 0.6 is 11.8 Å². The number of fused-ring (bicyclic) bond motifs is 1. The predicted molar refractivity (Wildman–Crippen MR) is 116 cm³/mol. The number of amides is 1. The van der Waals surface area contributed by atoms with Crippen molar-refractivity contribution in [2.45, 2.75) is 25.4 Å². The third-order valence-electron chi connectivity index (χ3n) is 4.52. The maximum Gasteiger partial charge on any atom is 0.274 e. The normalized spacial score (nSPS) is 11.0. The monoisotopic (exact) mass is 420 g/mol. The van der Waals surface area contributed by atoms with Crippen LogP contribution in [0.1, 0.15) is 22.4 Å². The lowest BCUT2D eigenvalue weighted by Crippen LogP contribution is -2.19. The van der Waals surface area contributed by atoms with Crippen molar-refractivity contribution in [3.05, 3.63) is 81.3 Å². The minimum atomic E-state index is -0.303. The molecule has 0 aliphatic carbocycles. The predicted octanol–water partition coefficient (Wildman–Crippen LogP) is 2.75. The van der Waals surface area contributed by atoms with Crippen molar-refractivity contribution >= 4 is 29.1 Å². The van der Waals surface area contributed by atoms with Gasteiger partial charge in [-0.2, -0.15) is 9.61 Å². The van der Waals surface area contributed by atoms with Crippen molar-refractivity contribution in [1.29, 1.82) is 0 Å². The molecular formula is C21H20N6O2S. The standard InChI is InChI=1S/C21H20N6O2S/c1-13-8-9-16(14(2)10-13)22-18(28)12-30-21-25-24-20-23-19(29)17(26-27(20)21)11-15-6-4-3-5-7-15/h3-10H,11-12H2,1-2H3,(H,22,28)(H,23,24,29). The number of carbonyl (C=O) groups excluding carboxylic acids is 1. The van der Waals surface area contributed by atoms with E-state index in [1.165, 1.54) is 16.3 Å². The number of hydrogen-bond donors (Lipinski definition) is 2. The van der Waals surface area contributed by atoms with Gasteiger partial charge in [0.25, 0.3) is 11.3 Å². The van der Waals surface area contributed by atoms with Gasteiger partial charge in [-0.3, -0.25) is 14.6 Å². The molecule has 0 atom stereocenters. The molecule has 8 nitrogen and oxygen atoms in total. The summed E-state index contributed by atoms with van der Waals surface area (Å²) in [6.45, 7) is 3.96. The largest absolute Gasteiger partial charge is 0.325 e. The number of rotatable bonds is 6. The Morgan fingerprint density at radius 1 is 1.13 bits per heavy atom. The molecule has 2 N–H and O–H groups in total. The van der Waals surface area contributed by atoms with E-state index in [4.69, 9.17) is 0 Å². The summed E-state index contributed by atoms with van der Waals surface area (Å²) in [5.41, 5.74) is 3.96. The minimum absolute atomic E-state index is 0.142. The Morgan fingerprint density at radius 3 is 2.70 bits per heavy atom. The highest BCUT2D eigenvalue weighted by molar-refractivity contribution is 7.99. The Morgan fingerprint density at radius 2 is 1.93 bits per heavy atom. The lowest BCUT2D eigenvalue weighted by Gasteiger charge is -2.08. The van der Waals surface area contributed by atoms with E-state index in [1.54, 1.807) is 0 Å². The van der Waals surface area contributed by atoms with Crippen LogP contribution < -0.4 is 10.9 Å². The Labute approximate surface area is 176 Å². The fourth-order valence-corrected chi connectivity index (χ4v) is 3.72. The number of anilines is 1. The van der Waals surface area contributed by atoms with Gasteiger partial charge in [-0.15, -0.1) is 10.2 Å². The summed E-state index contributed by atoms with van der Waals surface area (Å²) in [5.74, 6) is 0.231. The van der Waals surface area contributed by atoms with Gasteiger partial charge in [-0.05, 0) is 31.0 Å². The number of aromatic nitrogens is 5. The average Bonchev–Trinajstić information content (AvgIpc) is 3.11. The van der Waals surface area contributed by atoms with Crippen LogP contribution in [0.25, 0.3) is 5.78 Å². The fourth-order valence-electron chi connectivity index (χ4n) is 3.04. The molecule has 0 spiro atoms. The molecule has 0 aliphatic rings. The van der Waals surface area contributed by atoms with Crippen molar-refractivity contribution in [2.24, 2.45) is 0 Å². The molecule has 0 fully saturated rings. The van der Waals surface area contributed by atoms with Gasteiger partial charge in [0.2, 0.25) is 11.1 Å². The van der Waals surface area contributed by atoms with Gasteiger partial charge in [-0.25, -0.2) is 0 Å². The Bertz CT molecular complexity index is 1270. The quantitative estimate of drug-likeness (QED) is 0.465. The molecular weight excluding hydrogens is 400 g/mol. The van der Waals surface area contributed by atoms with E-state index in [-0.39, 0.29) is 23.0 Å². The lowest BCUT2D eigenvalue weighted by atomic mass is 10.1. The highest BCUT2D eigenvalue weighted by Crippen LogP contribution is 2.19. The van der Waals surface area contributed by atoms with E-state index in [0.717, 1.165) is 22.4 Å². The summed E-state index contributed by atoms with van der Waals surface area (Å²) in [6.07, 6.45) is 0.390. The molecule has 30 heavy (non-hydrogen) atoms. The molecule has 0 unspecified atom stereocenters. The first-order chi connectivity index (χ1) is 14.5. The van der Waals surface area contributed by atoms with Crippen molar-refractivity contribution in [2.75, 3.05) is 11.1 Å². The molecule has 4 aromatic rings. The van der Waals surface area contributed by atoms with Gasteiger partial charge in [0.05, 0.1) is 5.75 Å². The lowest BCUT2D eigenvalue weighted by molar-refractivity contribution is -0.113. The molecule has 2 aromatic heterocycles. The Hall–Kier alpha value is -3.46. The summed E-state index contributed by atoms with van der Waals surface area (Å²) in [5, 5.41) is 15.8. The molecule has 0 aliphatic heterocycles. The van der Waals surface area contributed by atoms with Gasteiger partial charge in [0.1, 0.15) is 5.69 Å². The van der Waals surface area contributed by atoms with E-state index in [9.17, 15) is 9.59 Å². The van der Waals surface area contributed by atoms with E-state index in [2.05, 4.69) is 25.6 Å².